The molecular weight excluding hydrogens is 364 g/mol. The second-order valence-electron chi connectivity index (χ2n) is 6.16. The zero-order valence-electron chi connectivity index (χ0n) is 15.2. The first-order chi connectivity index (χ1) is 13.2. The van der Waals surface area contributed by atoms with Crippen LogP contribution < -0.4 is 4.90 Å². The highest BCUT2D eigenvalue weighted by molar-refractivity contribution is 8.08. The summed E-state index contributed by atoms with van der Waals surface area (Å²) in [5.41, 5.74) is 2.94. The summed E-state index contributed by atoms with van der Waals surface area (Å²) in [6.45, 7) is 5.19. The Morgan fingerprint density at radius 3 is 3.19 bits per heavy atom. The average molecular weight is 386 g/mol. The zero-order chi connectivity index (χ0) is 18.8. The Bertz CT molecular complexity index is 1010. The molecule has 0 saturated heterocycles. The molecule has 0 amide bonds. The van der Waals surface area contributed by atoms with Crippen LogP contribution in [-0.4, -0.2) is 49.6 Å². The number of hydrogen-bond acceptors (Lipinski definition) is 7. The Hall–Kier alpha value is -2.81. The van der Waals surface area contributed by atoms with Gasteiger partial charge in [0.1, 0.15) is 24.3 Å². The first-order valence-corrected chi connectivity index (χ1v) is 9.72. The van der Waals surface area contributed by atoms with E-state index in [-0.39, 0.29) is 13.9 Å². The van der Waals surface area contributed by atoms with Crippen molar-refractivity contribution in [3.63, 3.8) is 0 Å². The fourth-order valence-corrected chi connectivity index (χ4v) is 4.04. The van der Waals surface area contributed by atoms with Crippen LogP contribution in [0.3, 0.4) is 0 Å². The van der Waals surface area contributed by atoms with Gasteiger partial charge in [-0.15, -0.1) is 11.8 Å². The van der Waals surface area contributed by atoms with Crippen molar-refractivity contribution in [1.82, 2.24) is 24.7 Å². The van der Waals surface area contributed by atoms with E-state index < -0.39 is 0 Å². The third kappa shape index (κ3) is 3.55. The first-order valence-electron chi connectivity index (χ1n) is 8.74. The van der Waals surface area contributed by atoms with Gasteiger partial charge in [0, 0.05) is 42.8 Å². The standard InChI is InChI=1S/C18H20N6O2S.H2/c1-3-26-15(25)10-24-8-13(7-22-24)14-9-23(4-5-27-14)18-16-12(2)6-19-17(16)20-11-21-18;/h6-9,11H,3-5,10H2,1-2H3,(H,19,20,21);1H. The van der Waals surface area contributed by atoms with Gasteiger partial charge >= 0.3 is 5.97 Å². The van der Waals surface area contributed by atoms with Crippen molar-refractivity contribution in [1.29, 1.82) is 0 Å². The molecule has 1 aliphatic heterocycles. The van der Waals surface area contributed by atoms with Gasteiger partial charge in [0.2, 0.25) is 0 Å². The summed E-state index contributed by atoms with van der Waals surface area (Å²) < 4.78 is 6.58. The van der Waals surface area contributed by atoms with Gasteiger partial charge in [-0.1, -0.05) is 0 Å². The van der Waals surface area contributed by atoms with Crippen molar-refractivity contribution in [3.05, 3.63) is 42.2 Å². The van der Waals surface area contributed by atoms with Crippen LogP contribution in [0.2, 0.25) is 0 Å². The number of nitrogens with zero attached hydrogens (tertiary/aromatic N) is 5. The summed E-state index contributed by atoms with van der Waals surface area (Å²) in [6, 6.07) is 0. The van der Waals surface area contributed by atoms with Gasteiger partial charge in [0.25, 0.3) is 0 Å². The maximum absolute atomic E-state index is 11.6. The lowest BCUT2D eigenvalue weighted by molar-refractivity contribution is -0.144. The summed E-state index contributed by atoms with van der Waals surface area (Å²) in [5.74, 6) is 1.55. The van der Waals surface area contributed by atoms with E-state index in [2.05, 4.69) is 38.1 Å². The van der Waals surface area contributed by atoms with E-state index in [9.17, 15) is 4.79 Å². The number of H-pyrrole nitrogens is 1. The number of anilines is 1. The molecule has 1 aliphatic rings. The molecule has 3 aromatic heterocycles. The number of aryl methyl sites for hydroxylation is 1. The Balaban J connectivity index is 0.00000225. The number of hydrogen-bond donors (Lipinski definition) is 1. The van der Waals surface area contributed by atoms with Gasteiger partial charge in [-0.25, -0.2) is 9.97 Å². The van der Waals surface area contributed by atoms with E-state index in [0.717, 1.165) is 45.2 Å². The first kappa shape index (κ1) is 17.6. The summed E-state index contributed by atoms with van der Waals surface area (Å²) in [5, 5.41) is 5.32. The number of nitrogens with one attached hydrogen (secondary N) is 1. The molecule has 0 fully saturated rings. The SMILES string of the molecule is CCOC(=O)Cn1cc(C2=CN(c3ncnc4[nH]cc(C)c34)CCS2)cn1.[HH]. The molecule has 4 heterocycles. The van der Waals surface area contributed by atoms with Crippen molar-refractivity contribution >= 4 is 39.5 Å². The van der Waals surface area contributed by atoms with Crippen molar-refractivity contribution < 1.29 is 11.0 Å². The zero-order valence-corrected chi connectivity index (χ0v) is 16.0. The van der Waals surface area contributed by atoms with Crippen LogP contribution in [0.15, 0.2) is 31.1 Å². The number of carbonyl (C=O) groups excluding carboxylic acids is 1. The van der Waals surface area contributed by atoms with Crippen LogP contribution in [0.5, 0.6) is 0 Å². The molecule has 8 nitrogen and oxygen atoms in total. The fraction of sp³-hybridized carbons (Fsp3) is 0.333. The summed E-state index contributed by atoms with van der Waals surface area (Å²) >= 11 is 1.77. The minimum atomic E-state index is -0.287. The topological polar surface area (TPSA) is 88.9 Å². The molecule has 3 aromatic rings. The molecule has 27 heavy (non-hydrogen) atoms. The molecule has 0 aliphatic carbocycles. The fourth-order valence-electron chi connectivity index (χ4n) is 3.05. The lowest BCUT2D eigenvalue weighted by Gasteiger charge is -2.25. The second-order valence-corrected chi connectivity index (χ2v) is 7.30. The number of fused-ring (bicyclic) bond motifs is 1. The molecule has 0 spiro atoms. The van der Waals surface area contributed by atoms with Crippen molar-refractivity contribution in [2.45, 2.75) is 20.4 Å². The van der Waals surface area contributed by atoms with Crippen molar-refractivity contribution in [2.75, 3.05) is 23.8 Å². The van der Waals surface area contributed by atoms with E-state index in [1.807, 2.05) is 12.4 Å². The Morgan fingerprint density at radius 1 is 1.44 bits per heavy atom. The molecule has 0 unspecified atom stereocenters. The summed E-state index contributed by atoms with van der Waals surface area (Å²) in [7, 11) is 0. The average Bonchev–Trinajstić information content (AvgIpc) is 3.29. The van der Waals surface area contributed by atoms with Crippen LogP contribution >= 0.6 is 11.8 Å². The van der Waals surface area contributed by atoms with Crippen LogP contribution in [0.4, 0.5) is 5.82 Å². The lowest BCUT2D eigenvalue weighted by Crippen LogP contribution is -2.24. The third-order valence-corrected chi connectivity index (χ3v) is 5.33. The van der Waals surface area contributed by atoms with E-state index >= 15 is 0 Å². The number of aromatic nitrogens is 5. The number of thioether (sulfide) groups is 1. The molecule has 0 atom stereocenters. The molecule has 0 radical (unpaired) electrons. The molecule has 0 aromatic carbocycles. The van der Waals surface area contributed by atoms with Crippen LogP contribution in [0.25, 0.3) is 15.9 Å². The van der Waals surface area contributed by atoms with Crippen LogP contribution in [-0.2, 0) is 16.1 Å². The number of rotatable bonds is 5. The normalized spacial score (nSPS) is 14.4. The Morgan fingerprint density at radius 2 is 2.33 bits per heavy atom. The highest BCUT2D eigenvalue weighted by Crippen LogP contribution is 2.35. The predicted octanol–water partition coefficient (Wildman–Crippen LogP) is 2.82. The Kier molecular flexibility index (Phi) is 4.85. The van der Waals surface area contributed by atoms with Gasteiger partial charge in [-0.05, 0) is 19.4 Å². The minimum absolute atomic E-state index is 0. The number of esters is 1. The molecule has 1 N–H and O–H groups in total. The smallest absolute Gasteiger partial charge is 0.327 e. The van der Waals surface area contributed by atoms with Crippen molar-refractivity contribution in [2.24, 2.45) is 0 Å². The molecule has 142 valence electrons. The number of carbonyl (C=O) groups is 1. The number of aromatic amines is 1. The largest absolute Gasteiger partial charge is 0.465 e. The van der Waals surface area contributed by atoms with Crippen LogP contribution in [0, 0.1) is 6.92 Å². The molecule has 0 saturated carbocycles. The van der Waals surface area contributed by atoms with E-state index in [4.69, 9.17) is 4.74 Å². The maximum atomic E-state index is 11.6. The molecular formula is C18H22N6O2S. The van der Waals surface area contributed by atoms with Crippen LogP contribution in [0.1, 0.15) is 19.5 Å². The van der Waals surface area contributed by atoms with Crippen molar-refractivity contribution in [3.8, 4) is 0 Å². The maximum Gasteiger partial charge on any atom is 0.327 e. The summed E-state index contributed by atoms with van der Waals surface area (Å²) in [4.78, 5) is 26.9. The van der Waals surface area contributed by atoms with Gasteiger partial charge < -0.3 is 14.6 Å². The van der Waals surface area contributed by atoms with Gasteiger partial charge in [-0.3, -0.25) is 9.48 Å². The van der Waals surface area contributed by atoms with E-state index in [1.54, 1.807) is 35.9 Å². The molecule has 0 bridgehead atoms. The van der Waals surface area contributed by atoms with Gasteiger partial charge in [0.05, 0.1) is 18.2 Å². The minimum Gasteiger partial charge on any atom is -0.465 e. The monoisotopic (exact) mass is 386 g/mol. The predicted molar refractivity (Wildman–Crippen MR) is 107 cm³/mol. The lowest BCUT2D eigenvalue weighted by atomic mass is 10.2. The summed E-state index contributed by atoms with van der Waals surface area (Å²) in [6.07, 6.45) is 9.27. The quantitative estimate of drug-likeness (QED) is 0.675. The second kappa shape index (κ2) is 7.43. The van der Waals surface area contributed by atoms with E-state index in [1.165, 1.54) is 0 Å². The number of ether oxygens (including phenoxy) is 1. The third-order valence-electron chi connectivity index (χ3n) is 4.30. The van der Waals surface area contributed by atoms with Gasteiger partial charge in [-0.2, -0.15) is 5.10 Å². The van der Waals surface area contributed by atoms with Gasteiger partial charge in [0.15, 0.2) is 0 Å². The molecule has 9 heteroatoms. The highest BCUT2D eigenvalue weighted by Gasteiger charge is 2.19. The highest BCUT2D eigenvalue weighted by atomic mass is 32.2. The Labute approximate surface area is 162 Å². The molecule has 4 rings (SSSR count). The van der Waals surface area contributed by atoms with E-state index in [0.29, 0.717) is 6.61 Å².